The zero-order valence-electron chi connectivity index (χ0n) is 9.30. The third-order valence-electron chi connectivity index (χ3n) is 2.28. The van der Waals surface area contributed by atoms with Gasteiger partial charge in [-0.25, -0.2) is 0 Å². The van der Waals surface area contributed by atoms with Crippen LogP contribution in [0.4, 0.5) is 0 Å². The van der Waals surface area contributed by atoms with Crippen LogP contribution in [0.25, 0.3) is 11.0 Å². The maximum atomic E-state index is 11.7. The molecule has 3 N–H and O–H groups in total. The standard InChI is InChI=1S/C12H10N2O4/c13-11(16)6-14-12(17)10-5-8(15)7-3-1-2-4-9(7)18-10/h1-5H,6H2,(H2,13,16)(H,14,17). The Kier molecular flexibility index (Phi) is 3.09. The molecule has 1 aromatic carbocycles. The van der Waals surface area contributed by atoms with Crippen LogP contribution in [0.2, 0.25) is 0 Å². The second-order valence-electron chi connectivity index (χ2n) is 3.62. The predicted octanol–water partition coefficient (Wildman–Crippen LogP) is 0.00810. The Morgan fingerprint density at radius 1 is 1.28 bits per heavy atom. The lowest BCUT2D eigenvalue weighted by Gasteiger charge is -2.03. The van der Waals surface area contributed by atoms with Gasteiger partial charge in [-0.1, -0.05) is 12.1 Å². The number of benzene rings is 1. The van der Waals surface area contributed by atoms with Gasteiger partial charge in [-0.15, -0.1) is 0 Å². The van der Waals surface area contributed by atoms with Crippen LogP contribution in [0.3, 0.4) is 0 Å². The van der Waals surface area contributed by atoms with Gasteiger partial charge in [0.2, 0.25) is 5.91 Å². The van der Waals surface area contributed by atoms with Gasteiger partial charge in [-0.3, -0.25) is 14.4 Å². The SMILES string of the molecule is NC(=O)CNC(=O)c1cc(=O)c2ccccc2o1. The lowest BCUT2D eigenvalue weighted by molar-refractivity contribution is -0.117. The number of para-hydroxylation sites is 1. The van der Waals surface area contributed by atoms with Gasteiger partial charge in [-0.2, -0.15) is 0 Å². The highest BCUT2D eigenvalue weighted by Crippen LogP contribution is 2.11. The molecule has 1 aromatic heterocycles. The summed E-state index contributed by atoms with van der Waals surface area (Å²) in [6.45, 7) is -0.310. The predicted molar refractivity (Wildman–Crippen MR) is 64.0 cm³/mol. The maximum Gasteiger partial charge on any atom is 0.287 e. The van der Waals surface area contributed by atoms with Crippen LogP contribution in [0.1, 0.15) is 10.6 Å². The van der Waals surface area contributed by atoms with Crippen molar-refractivity contribution in [3.05, 3.63) is 46.3 Å². The Bertz CT molecular complexity index is 675. The lowest BCUT2D eigenvalue weighted by atomic mass is 10.2. The normalized spacial score (nSPS) is 10.2. The first kappa shape index (κ1) is 11.8. The molecule has 1 heterocycles. The van der Waals surface area contributed by atoms with Crippen molar-refractivity contribution in [1.82, 2.24) is 5.32 Å². The smallest absolute Gasteiger partial charge is 0.287 e. The van der Waals surface area contributed by atoms with Gasteiger partial charge in [0.1, 0.15) is 5.58 Å². The largest absolute Gasteiger partial charge is 0.451 e. The fourth-order valence-electron chi connectivity index (χ4n) is 1.47. The van der Waals surface area contributed by atoms with E-state index in [2.05, 4.69) is 5.32 Å². The van der Waals surface area contributed by atoms with Crippen LogP contribution >= 0.6 is 0 Å². The quantitative estimate of drug-likeness (QED) is 0.796. The first-order valence-corrected chi connectivity index (χ1v) is 5.17. The van der Waals surface area contributed by atoms with Crippen molar-refractivity contribution in [2.75, 3.05) is 6.54 Å². The van der Waals surface area contributed by atoms with E-state index in [0.717, 1.165) is 6.07 Å². The van der Waals surface area contributed by atoms with E-state index in [-0.39, 0.29) is 17.7 Å². The summed E-state index contributed by atoms with van der Waals surface area (Å²) in [5.74, 6) is -1.48. The van der Waals surface area contributed by atoms with Crippen LogP contribution in [-0.2, 0) is 4.79 Å². The van der Waals surface area contributed by atoms with E-state index in [9.17, 15) is 14.4 Å². The average molecular weight is 246 g/mol. The van der Waals surface area contributed by atoms with E-state index in [4.69, 9.17) is 10.2 Å². The van der Waals surface area contributed by atoms with Gasteiger partial charge >= 0.3 is 0 Å². The summed E-state index contributed by atoms with van der Waals surface area (Å²) >= 11 is 0. The molecule has 0 aliphatic heterocycles. The molecule has 0 aliphatic carbocycles. The zero-order chi connectivity index (χ0) is 13.1. The highest BCUT2D eigenvalue weighted by atomic mass is 16.3. The fourth-order valence-corrected chi connectivity index (χ4v) is 1.47. The van der Waals surface area contributed by atoms with Crippen LogP contribution in [0, 0.1) is 0 Å². The van der Waals surface area contributed by atoms with Crippen molar-refractivity contribution in [3.63, 3.8) is 0 Å². The van der Waals surface area contributed by atoms with Crippen molar-refractivity contribution in [2.24, 2.45) is 5.73 Å². The van der Waals surface area contributed by atoms with Crippen molar-refractivity contribution in [2.45, 2.75) is 0 Å². The number of hydrogen-bond acceptors (Lipinski definition) is 4. The minimum atomic E-state index is -0.675. The number of nitrogens with two attached hydrogens (primary N) is 1. The van der Waals surface area contributed by atoms with E-state index >= 15 is 0 Å². The molecule has 0 bridgehead atoms. The Labute approximate surface area is 101 Å². The molecule has 6 nitrogen and oxygen atoms in total. The number of amides is 2. The first-order chi connectivity index (χ1) is 8.58. The second-order valence-corrected chi connectivity index (χ2v) is 3.62. The molecular weight excluding hydrogens is 236 g/mol. The van der Waals surface area contributed by atoms with E-state index in [1.165, 1.54) is 0 Å². The molecule has 0 atom stereocenters. The van der Waals surface area contributed by atoms with Crippen molar-refractivity contribution in [1.29, 1.82) is 0 Å². The van der Waals surface area contributed by atoms with E-state index in [0.29, 0.717) is 11.0 Å². The number of carbonyl (C=O) groups is 2. The fraction of sp³-hybridized carbons (Fsp3) is 0.0833. The molecule has 0 spiro atoms. The second kappa shape index (κ2) is 4.70. The van der Waals surface area contributed by atoms with E-state index in [1.807, 2.05) is 0 Å². The van der Waals surface area contributed by atoms with Gasteiger partial charge in [0.05, 0.1) is 11.9 Å². The molecular formula is C12H10N2O4. The van der Waals surface area contributed by atoms with Gasteiger partial charge in [0.15, 0.2) is 11.2 Å². The van der Waals surface area contributed by atoms with Crippen LogP contribution in [-0.4, -0.2) is 18.4 Å². The van der Waals surface area contributed by atoms with Crippen molar-refractivity contribution >= 4 is 22.8 Å². The minimum absolute atomic E-state index is 0.153. The van der Waals surface area contributed by atoms with E-state index in [1.54, 1.807) is 24.3 Å². The zero-order valence-corrected chi connectivity index (χ0v) is 9.30. The molecule has 6 heteroatoms. The highest BCUT2D eigenvalue weighted by molar-refractivity contribution is 5.95. The highest BCUT2D eigenvalue weighted by Gasteiger charge is 2.12. The van der Waals surface area contributed by atoms with Crippen molar-refractivity contribution < 1.29 is 14.0 Å². The van der Waals surface area contributed by atoms with Gasteiger partial charge in [-0.05, 0) is 12.1 Å². The monoisotopic (exact) mass is 246 g/mol. The molecule has 0 saturated heterocycles. The van der Waals surface area contributed by atoms with Crippen LogP contribution in [0.5, 0.6) is 0 Å². The third-order valence-corrected chi connectivity index (χ3v) is 2.28. The Hall–Kier alpha value is -2.63. The number of primary amides is 1. The van der Waals surface area contributed by atoms with Gasteiger partial charge in [0, 0.05) is 6.07 Å². The molecule has 2 rings (SSSR count). The number of fused-ring (bicyclic) bond motifs is 1. The average Bonchev–Trinajstić information content (AvgIpc) is 2.36. The molecule has 0 saturated carbocycles. The van der Waals surface area contributed by atoms with Gasteiger partial charge in [0.25, 0.3) is 5.91 Å². The molecule has 0 radical (unpaired) electrons. The Morgan fingerprint density at radius 3 is 2.72 bits per heavy atom. The van der Waals surface area contributed by atoms with E-state index < -0.39 is 11.8 Å². The first-order valence-electron chi connectivity index (χ1n) is 5.17. The summed E-state index contributed by atoms with van der Waals surface area (Å²) in [5, 5.41) is 2.64. The summed E-state index contributed by atoms with van der Waals surface area (Å²) in [6, 6.07) is 7.66. The van der Waals surface area contributed by atoms with Gasteiger partial charge < -0.3 is 15.5 Å². The molecule has 2 aromatic rings. The lowest BCUT2D eigenvalue weighted by Crippen LogP contribution is -2.33. The summed E-state index contributed by atoms with van der Waals surface area (Å²) in [6.07, 6.45) is 0. The topological polar surface area (TPSA) is 102 Å². The molecule has 0 aliphatic rings. The summed E-state index contributed by atoms with van der Waals surface area (Å²) in [5.41, 5.74) is 4.89. The summed E-state index contributed by atoms with van der Waals surface area (Å²) in [7, 11) is 0. The number of nitrogens with one attached hydrogen (secondary N) is 1. The molecule has 2 amide bonds. The summed E-state index contributed by atoms with van der Waals surface area (Å²) in [4.78, 5) is 33.8. The summed E-state index contributed by atoms with van der Waals surface area (Å²) < 4.78 is 5.27. The van der Waals surface area contributed by atoms with Crippen molar-refractivity contribution in [3.8, 4) is 0 Å². The number of carbonyl (C=O) groups excluding carboxylic acids is 2. The number of hydrogen-bond donors (Lipinski definition) is 2. The molecule has 18 heavy (non-hydrogen) atoms. The molecule has 0 unspecified atom stereocenters. The van der Waals surface area contributed by atoms with Crippen LogP contribution < -0.4 is 16.5 Å². The molecule has 92 valence electrons. The third kappa shape index (κ3) is 2.37. The minimum Gasteiger partial charge on any atom is -0.451 e. The number of rotatable bonds is 3. The maximum absolute atomic E-state index is 11.7. The Balaban J connectivity index is 2.37. The Morgan fingerprint density at radius 2 is 2.00 bits per heavy atom. The molecule has 0 fully saturated rings. The van der Waals surface area contributed by atoms with Crippen LogP contribution in [0.15, 0.2) is 39.5 Å².